The summed E-state index contributed by atoms with van der Waals surface area (Å²) in [5.74, 6) is 0.837. The van der Waals surface area contributed by atoms with Crippen molar-refractivity contribution >= 4 is 17.7 Å². The van der Waals surface area contributed by atoms with E-state index in [2.05, 4.69) is 5.32 Å². The number of amides is 1. The number of halogens is 1. The number of carbonyl (C=O) groups excluding carboxylic acids is 1. The highest BCUT2D eigenvalue weighted by molar-refractivity contribution is 6.09. The number of hydrogen-bond acceptors (Lipinski definition) is 5. The van der Waals surface area contributed by atoms with Crippen LogP contribution in [0.1, 0.15) is 5.76 Å². The van der Waals surface area contributed by atoms with Crippen molar-refractivity contribution in [3.8, 4) is 28.9 Å². The van der Waals surface area contributed by atoms with Crippen LogP contribution in [0.5, 0.6) is 11.5 Å². The molecule has 29 heavy (non-hydrogen) atoms. The molecule has 7 heteroatoms. The van der Waals surface area contributed by atoms with Crippen molar-refractivity contribution in [3.63, 3.8) is 0 Å². The molecule has 0 aliphatic heterocycles. The van der Waals surface area contributed by atoms with Gasteiger partial charge in [0.1, 0.15) is 29.0 Å². The lowest BCUT2D eigenvalue weighted by atomic mass is 10.2. The van der Waals surface area contributed by atoms with E-state index in [-0.39, 0.29) is 11.4 Å². The van der Waals surface area contributed by atoms with Crippen LogP contribution in [0.25, 0.3) is 17.4 Å². The first-order valence-corrected chi connectivity index (χ1v) is 8.55. The molecule has 0 saturated carbocycles. The van der Waals surface area contributed by atoms with Crippen LogP contribution in [0.2, 0.25) is 0 Å². The first-order chi connectivity index (χ1) is 14.0. The highest BCUT2D eigenvalue weighted by Crippen LogP contribution is 2.30. The van der Waals surface area contributed by atoms with Crippen LogP contribution in [-0.4, -0.2) is 20.1 Å². The van der Waals surface area contributed by atoms with E-state index < -0.39 is 5.91 Å². The maximum atomic E-state index is 13.0. The van der Waals surface area contributed by atoms with Crippen LogP contribution in [0.4, 0.5) is 10.1 Å². The minimum atomic E-state index is -0.598. The summed E-state index contributed by atoms with van der Waals surface area (Å²) in [7, 11) is 3.00. The summed E-state index contributed by atoms with van der Waals surface area (Å²) in [5, 5.41) is 12.0. The van der Waals surface area contributed by atoms with E-state index >= 15 is 0 Å². The van der Waals surface area contributed by atoms with Crippen molar-refractivity contribution < 1.29 is 23.1 Å². The predicted octanol–water partition coefficient (Wildman–Crippen LogP) is 4.65. The van der Waals surface area contributed by atoms with Crippen LogP contribution in [0.15, 0.2) is 64.6 Å². The molecule has 3 aromatic rings. The second kappa shape index (κ2) is 8.76. The molecule has 3 rings (SSSR count). The summed E-state index contributed by atoms with van der Waals surface area (Å²) >= 11 is 0. The van der Waals surface area contributed by atoms with Gasteiger partial charge in [0.2, 0.25) is 0 Å². The van der Waals surface area contributed by atoms with Crippen molar-refractivity contribution in [3.05, 3.63) is 71.7 Å². The number of nitrogens with one attached hydrogen (secondary N) is 1. The summed E-state index contributed by atoms with van der Waals surface area (Å²) in [4.78, 5) is 12.5. The molecule has 0 fully saturated rings. The third-order valence-corrected chi connectivity index (χ3v) is 4.05. The standard InChI is InChI=1S/C22H17FN2O4/c1-27-20-9-7-17(12-21(20)28-2)25-22(26)15(13-24)11-18-8-10-19(29-18)14-3-5-16(23)6-4-14/h3-12H,1-2H3,(H,25,26)/b15-11+. The first kappa shape index (κ1) is 19.7. The molecule has 0 spiro atoms. The van der Waals surface area contributed by atoms with E-state index in [1.54, 1.807) is 42.5 Å². The van der Waals surface area contributed by atoms with Crippen molar-refractivity contribution in [2.45, 2.75) is 0 Å². The topological polar surface area (TPSA) is 84.5 Å². The Hall–Kier alpha value is -4.05. The highest BCUT2D eigenvalue weighted by atomic mass is 19.1. The number of nitriles is 1. The van der Waals surface area contributed by atoms with Crippen LogP contribution < -0.4 is 14.8 Å². The number of carbonyl (C=O) groups is 1. The van der Waals surface area contributed by atoms with Gasteiger partial charge in [-0.2, -0.15) is 5.26 Å². The van der Waals surface area contributed by atoms with Gasteiger partial charge in [-0.1, -0.05) is 0 Å². The Kier molecular flexibility index (Phi) is 5.95. The van der Waals surface area contributed by atoms with Crippen molar-refractivity contribution in [2.24, 2.45) is 0 Å². The van der Waals surface area contributed by atoms with E-state index in [0.29, 0.717) is 34.3 Å². The van der Waals surface area contributed by atoms with Gasteiger partial charge >= 0.3 is 0 Å². The van der Waals surface area contributed by atoms with Gasteiger partial charge in [0.15, 0.2) is 11.5 Å². The maximum Gasteiger partial charge on any atom is 0.266 e. The molecule has 1 aromatic heterocycles. The third-order valence-electron chi connectivity index (χ3n) is 4.05. The van der Waals surface area contributed by atoms with Crippen molar-refractivity contribution in [1.29, 1.82) is 5.26 Å². The van der Waals surface area contributed by atoms with E-state index in [1.165, 1.54) is 32.4 Å². The zero-order chi connectivity index (χ0) is 20.8. The predicted molar refractivity (Wildman–Crippen MR) is 106 cm³/mol. The Morgan fingerprint density at radius 3 is 2.45 bits per heavy atom. The molecule has 1 heterocycles. The van der Waals surface area contributed by atoms with Gasteiger partial charge in [0.05, 0.1) is 14.2 Å². The van der Waals surface area contributed by atoms with Gasteiger partial charge in [0.25, 0.3) is 5.91 Å². The molecule has 0 aliphatic carbocycles. The summed E-state index contributed by atoms with van der Waals surface area (Å²) in [6.45, 7) is 0. The minimum Gasteiger partial charge on any atom is -0.493 e. The number of rotatable bonds is 6. The number of furan rings is 1. The SMILES string of the molecule is COc1ccc(NC(=O)/C(C#N)=C/c2ccc(-c3ccc(F)cc3)o2)cc1OC. The van der Waals surface area contributed by atoms with Crippen molar-refractivity contribution in [2.75, 3.05) is 19.5 Å². The Labute approximate surface area is 166 Å². The van der Waals surface area contributed by atoms with Crippen LogP contribution in [0.3, 0.4) is 0 Å². The molecule has 0 radical (unpaired) electrons. The van der Waals surface area contributed by atoms with E-state index in [0.717, 1.165) is 0 Å². The number of ether oxygens (including phenoxy) is 2. The smallest absolute Gasteiger partial charge is 0.266 e. The maximum absolute atomic E-state index is 13.0. The fourth-order valence-corrected chi connectivity index (χ4v) is 2.60. The van der Waals surface area contributed by atoms with Crippen molar-refractivity contribution in [1.82, 2.24) is 0 Å². The first-order valence-electron chi connectivity index (χ1n) is 8.55. The largest absolute Gasteiger partial charge is 0.493 e. The van der Waals surface area contributed by atoms with Crippen LogP contribution in [0, 0.1) is 17.1 Å². The Bertz CT molecular complexity index is 1090. The van der Waals surface area contributed by atoms with Gasteiger partial charge < -0.3 is 19.2 Å². The van der Waals surface area contributed by atoms with Gasteiger partial charge in [-0.15, -0.1) is 0 Å². The number of benzene rings is 2. The molecule has 0 saturated heterocycles. The highest BCUT2D eigenvalue weighted by Gasteiger charge is 2.13. The Morgan fingerprint density at radius 2 is 1.79 bits per heavy atom. The quantitative estimate of drug-likeness (QED) is 0.488. The Morgan fingerprint density at radius 1 is 1.07 bits per heavy atom. The van der Waals surface area contributed by atoms with E-state index in [9.17, 15) is 14.4 Å². The van der Waals surface area contributed by atoms with Crippen LogP contribution >= 0.6 is 0 Å². The molecule has 146 valence electrons. The minimum absolute atomic E-state index is 0.139. The number of hydrogen-bond donors (Lipinski definition) is 1. The molecule has 0 aliphatic rings. The molecule has 0 atom stereocenters. The molecule has 1 N–H and O–H groups in total. The van der Waals surface area contributed by atoms with Gasteiger partial charge in [0, 0.05) is 23.4 Å². The lowest BCUT2D eigenvalue weighted by Gasteiger charge is -2.10. The molecular weight excluding hydrogens is 375 g/mol. The molecule has 0 unspecified atom stereocenters. The summed E-state index contributed by atoms with van der Waals surface area (Å²) in [6.07, 6.45) is 1.34. The van der Waals surface area contributed by atoms with Gasteiger partial charge in [-0.25, -0.2) is 4.39 Å². The average Bonchev–Trinajstić information content (AvgIpc) is 3.21. The summed E-state index contributed by atoms with van der Waals surface area (Å²) in [6, 6.07) is 15.8. The fraction of sp³-hybridized carbons (Fsp3) is 0.0909. The second-order valence-corrected chi connectivity index (χ2v) is 5.90. The van der Waals surface area contributed by atoms with E-state index in [4.69, 9.17) is 13.9 Å². The number of anilines is 1. The zero-order valence-electron chi connectivity index (χ0n) is 15.7. The molecule has 0 bridgehead atoms. The van der Waals surface area contributed by atoms with Gasteiger partial charge in [-0.3, -0.25) is 4.79 Å². The summed E-state index contributed by atoms with van der Waals surface area (Å²) < 4.78 is 29.0. The second-order valence-electron chi connectivity index (χ2n) is 5.90. The van der Waals surface area contributed by atoms with Gasteiger partial charge in [-0.05, 0) is 48.5 Å². The third kappa shape index (κ3) is 4.62. The lowest BCUT2D eigenvalue weighted by Crippen LogP contribution is -2.13. The Balaban J connectivity index is 1.79. The molecule has 6 nitrogen and oxygen atoms in total. The number of nitrogens with zero attached hydrogens (tertiary/aromatic N) is 1. The molecular formula is C22H17FN2O4. The summed E-state index contributed by atoms with van der Waals surface area (Å²) in [5.41, 5.74) is 0.986. The van der Waals surface area contributed by atoms with Crippen LogP contribution in [-0.2, 0) is 4.79 Å². The lowest BCUT2D eigenvalue weighted by molar-refractivity contribution is -0.112. The number of methoxy groups -OCH3 is 2. The normalized spacial score (nSPS) is 10.9. The van der Waals surface area contributed by atoms with E-state index in [1.807, 2.05) is 6.07 Å². The molecule has 2 aromatic carbocycles. The zero-order valence-corrected chi connectivity index (χ0v) is 15.7. The monoisotopic (exact) mass is 392 g/mol. The average molecular weight is 392 g/mol. The molecule has 1 amide bonds. The fourth-order valence-electron chi connectivity index (χ4n) is 2.60.